The molecule has 10 heteroatoms. The van der Waals surface area contributed by atoms with E-state index in [1.807, 2.05) is 0 Å². The van der Waals surface area contributed by atoms with Gasteiger partial charge in [-0.2, -0.15) is 24.9 Å². The van der Waals surface area contributed by atoms with Crippen LogP contribution in [0.1, 0.15) is 54.4 Å². The number of hydrogen-bond acceptors (Lipinski definition) is 6. The number of ether oxygens (including phenoxy) is 2. The predicted octanol–water partition coefficient (Wildman–Crippen LogP) is 3.66. The minimum absolute atomic E-state index is 0.0636. The highest BCUT2D eigenvalue weighted by Crippen LogP contribution is 2.23. The third kappa shape index (κ3) is 13.6. The van der Waals surface area contributed by atoms with E-state index in [1.54, 1.807) is 41.5 Å². The second kappa shape index (κ2) is 10.4. The summed E-state index contributed by atoms with van der Waals surface area (Å²) in [4.78, 5) is 24.2. The van der Waals surface area contributed by atoms with Gasteiger partial charge in [0.05, 0.1) is 0 Å². The molecule has 0 bridgehead atoms. The molecule has 27 heavy (non-hydrogen) atoms. The number of carbonyl (C=O) groups excluding carboxylic acids is 2. The van der Waals surface area contributed by atoms with Gasteiger partial charge in [0, 0.05) is 0 Å². The van der Waals surface area contributed by atoms with E-state index in [0.717, 1.165) is 11.8 Å². The van der Waals surface area contributed by atoms with Crippen molar-refractivity contribution in [3.8, 4) is 0 Å². The number of amides is 1. The Bertz CT molecular complexity index is 486. The summed E-state index contributed by atoms with van der Waals surface area (Å²) in [5, 5.41) is 11.4. The first-order chi connectivity index (χ1) is 12.0. The Morgan fingerprint density at radius 1 is 0.963 bits per heavy atom. The molecule has 2 atom stereocenters. The van der Waals surface area contributed by atoms with Crippen molar-refractivity contribution in [3.63, 3.8) is 0 Å². The quantitative estimate of drug-likeness (QED) is 0.463. The molecule has 0 aliphatic rings. The van der Waals surface area contributed by atoms with Crippen molar-refractivity contribution in [2.45, 2.75) is 83.9 Å². The lowest BCUT2D eigenvalue weighted by molar-refractivity contribution is -0.203. The van der Waals surface area contributed by atoms with Crippen molar-refractivity contribution in [3.05, 3.63) is 0 Å². The fraction of sp³-hybridized carbons (Fsp3) is 0.882. The van der Waals surface area contributed by atoms with Crippen LogP contribution < -0.4 is 5.32 Å². The highest BCUT2D eigenvalue weighted by atomic mass is 32.2. The van der Waals surface area contributed by atoms with E-state index in [0.29, 0.717) is 5.75 Å². The van der Waals surface area contributed by atoms with Crippen molar-refractivity contribution in [1.82, 2.24) is 5.32 Å². The lowest BCUT2D eigenvalue weighted by Gasteiger charge is -2.26. The average Bonchev–Trinajstić information content (AvgIpc) is 2.40. The molecule has 0 heterocycles. The van der Waals surface area contributed by atoms with Crippen LogP contribution in [0.4, 0.5) is 18.0 Å². The van der Waals surface area contributed by atoms with E-state index in [2.05, 4.69) is 5.32 Å². The number of thioether (sulfide) groups is 1. The smallest absolute Gasteiger partial charge is 0.414 e. The first kappa shape index (κ1) is 25.8. The van der Waals surface area contributed by atoms with E-state index in [-0.39, 0.29) is 12.2 Å². The molecular weight excluding hydrogens is 387 g/mol. The highest BCUT2D eigenvalue weighted by Gasteiger charge is 2.37. The van der Waals surface area contributed by atoms with Crippen LogP contribution in [-0.4, -0.2) is 58.2 Å². The number of halogens is 3. The molecule has 1 unspecified atom stereocenters. The summed E-state index contributed by atoms with van der Waals surface area (Å²) in [7, 11) is 0. The van der Waals surface area contributed by atoms with Crippen LogP contribution in [0.25, 0.3) is 0 Å². The van der Waals surface area contributed by atoms with Crippen LogP contribution >= 0.6 is 11.8 Å². The summed E-state index contributed by atoms with van der Waals surface area (Å²) in [5.74, 6) is -0.289. The third-order valence-electron chi connectivity index (χ3n) is 2.85. The maximum absolute atomic E-state index is 12.3. The van der Waals surface area contributed by atoms with Crippen LogP contribution in [0.3, 0.4) is 0 Å². The number of rotatable bonds is 8. The van der Waals surface area contributed by atoms with Crippen LogP contribution in [0.2, 0.25) is 0 Å². The molecule has 0 saturated heterocycles. The summed E-state index contributed by atoms with van der Waals surface area (Å²) in [6, 6.07) is -0.987. The van der Waals surface area contributed by atoms with E-state index < -0.39 is 48.0 Å². The van der Waals surface area contributed by atoms with E-state index in [9.17, 15) is 22.8 Å². The zero-order valence-electron chi connectivity index (χ0n) is 16.6. The van der Waals surface area contributed by atoms with Gasteiger partial charge in [0.25, 0.3) is 0 Å². The summed E-state index contributed by atoms with van der Waals surface area (Å²) in [6.45, 7) is 10.1. The highest BCUT2D eigenvalue weighted by molar-refractivity contribution is 7.99. The molecule has 0 aromatic heterocycles. The minimum Gasteiger partial charge on any atom is -0.458 e. The fourth-order valence-corrected chi connectivity index (χ4v) is 2.73. The number of carbonyl (C=O) groups is 2. The molecule has 0 aliphatic heterocycles. The van der Waals surface area contributed by atoms with Crippen molar-refractivity contribution < 1.29 is 37.3 Å². The number of aliphatic hydroxyl groups excluding tert-OH is 1. The summed E-state index contributed by atoms with van der Waals surface area (Å²) in [5.41, 5.74) is -1.50. The van der Waals surface area contributed by atoms with Crippen LogP contribution in [-0.2, 0) is 14.3 Å². The fourth-order valence-electron chi connectivity index (χ4n) is 1.73. The lowest BCUT2D eigenvalue weighted by Crippen LogP contribution is -2.46. The zero-order chi connectivity index (χ0) is 21.5. The normalized spacial score (nSPS) is 15.0. The molecule has 1 amide bonds. The van der Waals surface area contributed by atoms with Gasteiger partial charge in [0.15, 0.2) is 6.10 Å². The van der Waals surface area contributed by atoms with Crippen molar-refractivity contribution in [2.75, 3.05) is 11.5 Å². The van der Waals surface area contributed by atoms with Crippen LogP contribution in [0.5, 0.6) is 0 Å². The van der Waals surface area contributed by atoms with Crippen LogP contribution in [0, 0.1) is 0 Å². The van der Waals surface area contributed by atoms with Crippen molar-refractivity contribution >= 4 is 23.8 Å². The standard InChI is InChI=1S/C17H30F3NO5S/c1-15(2,3)25-13(23)11(21-14(24)26-16(4,5)6)7-9-27-10-8-12(22)17(18,19)20/h11-12,22H,7-10H2,1-6H3,(H,21,24)/t11-,12?/m0/s1. The van der Waals surface area contributed by atoms with E-state index in [4.69, 9.17) is 14.6 Å². The maximum atomic E-state index is 12.3. The number of alkyl halides is 3. The molecule has 0 saturated carbocycles. The van der Waals surface area contributed by atoms with Gasteiger partial charge in [-0.1, -0.05) is 0 Å². The van der Waals surface area contributed by atoms with Gasteiger partial charge >= 0.3 is 18.2 Å². The second-order valence-corrected chi connectivity index (χ2v) is 9.20. The minimum atomic E-state index is -4.64. The second-order valence-electron chi connectivity index (χ2n) is 7.98. The molecule has 0 aromatic rings. The third-order valence-corrected chi connectivity index (χ3v) is 3.90. The number of alkyl carbamates (subject to hydrolysis) is 1. The number of aliphatic hydroxyl groups is 1. The molecule has 0 rings (SSSR count). The Balaban J connectivity index is 4.63. The average molecular weight is 417 g/mol. The van der Waals surface area contributed by atoms with Gasteiger partial charge in [0.2, 0.25) is 0 Å². The van der Waals surface area contributed by atoms with Gasteiger partial charge in [-0.25, -0.2) is 9.59 Å². The van der Waals surface area contributed by atoms with Gasteiger partial charge in [-0.05, 0) is 65.9 Å². The van der Waals surface area contributed by atoms with Crippen molar-refractivity contribution in [2.24, 2.45) is 0 Å². The van der Waals surface area contributed by atoms with E-state index in [1.165, 1.54) is 0 Å². The van der Waals surface area contributed by atoms with Crippen LogP contribution in [0.15, 0.2) is 0 Å². The number of esters is 1. The first-order valence-corrected chi connectivity index (χ1v) is 9.71. The van der Waals surface area contributed by atoms with Crippen molar-refractivity contribution in [1.29, 1.82) is 0 Å². The van der Waals surface area contributed by atoms with Gasteiger partial charge in [0.1, 0.15) is 17.2 Å². The first-order valence-electron chi connectivity index (χ1n) is 8.56. The molecule has 160 valence electrons. The molecular formula is C17H30F3NO5S. The number of nitrogens with one attached hydrogen (secondary N) is 1. The molecule has 0 aliphatic carbocycles. The predicted molar refractivity (Wildman–Crippen MR) is 97.6 cm³/mol. The lowest BCUT2D eigenvalue weighted by atomic mass is 10.1. The Hall–Kier alpha value is -1.16. The Kier molecular flexibility index (Phi) is 9.96. The number of hydrogen-bond donors (Lipinski definition) is 2. The summed E-state index contributed by atoms with van der Waals surface area (Å²) >= 11 is 1.14. The Labute approximate surface area is 162 Å². The topological polar surface area (TPSA) is 84.9 Å². The monoisotopic (exact) mass is 417 g/mol. The largest absolute Gasteiger partial charge is 0.458 e. The molecule has 0 aromatic carbocycles. The molecule has 0 spiro atoms. The van der Waals surface area contributed by atoms with Gasteiger partial charge in [-0.15, -0.1) is 0 Å². The molecule has 2 N–H and O–H groups in total. The SMILES string of the molecule is CC(C)(C)OC(=O)N[C@@H](CCSCCC(O)C(F)(F)F)C(=O)OC(C)(C)C. The Morgan fingerprint density at radius 2 is 1.44 bits per heavy atom. The maximum Gasteiger partial charge on any atom is 0.414 e. The zero-order valence-corrected chi connectivity index (χ0v) is 17.4. The summed E-state index contributed by atoms with van der Waals surface area (Å²) < 4.78 is 47.1. The summed E-state index contributed by atoms with van der Waals surface area (Å²) in [6.07, 6.45) is -8.08. The molecule has 0 fully saturated rings. The molecule has 6 nitrogen and oxygen atoms in total. The van der Waals surface area contributed by atoms with Gasteiger partial charge < -0.3 is 19.9 Å². The molecule has 0 radical (unpaired) electrons. The van der Waals surface area contributed by atoms with Gasteiger partial charge in [-0.3, -0.25) is 0 Å². The Morgan fingerprint density at radius 3 is 1.89 bits per heavy atom. The van der Waals surface area contributed by atoms with E-state index >= 15 is 0 Å².